The maximum atomic E-state index is 12.7. The van der Waals surface area contributed by atoms with Gasteiger partial charge in [0.2, 0.25) is 0 Å². The van der Waals surface area contributed by atoms with E-state index in [1.54, 1.807) is 22.6 Å². The molecule has 0 spiro atoms. The van der Waals surface area contributed by atoms with Crippen LogP contribution in [0.15, 0.2) is 41.4 Å². The zero-order valence-corrected chi connectivity index (χ0v) is 14.9. The van der Waals surface area contributed by atoms with Crippen molar-refractivity contribution < 1.29 is 8.42 Å². The summed E-state index contributed by atoms with van der Waals surface area (Å²) in [7, 11) is -4.59. The van der Waals surface area contributed by atoms with Crippen LogP contribution in [0.4, 0.5) is 0 Å². The zero-order chi connectivity index (χ0) is 15.4. The zero-order valence-electron chi connectivity index (χ0n) is 13.1. The van der Waals surface area contributed by atoms with Crippen molar-refractivity contribution in [2.75, 3.05) is 6.54 Å². The van der Waals surface area contributed by atoms with Gasteiger partial charge >= 0.3 is 0 Å². The van der Waals surface area contributed by atoms with Gasteiger partial charge in [-0.2, -0.15) is 0 Å². The average molecular weight is 322 g/mol. The van der Waals surface area contributed by atoms with Crippen molar-refractivity contribution in [1.82, 2.24) is 4.31 Å². The number of rotatable bonds is 3. The number of benzene rings is 1. The number of aryl methyl sites for hydroxylation is 1. The fourth-order valence-electron chi connectivity index (χ4n) is 3.61. The molecule has 2 aliphatic rings. The van der Waals surface area contributed by atoms with E-state index in [0.29, 0.717) is 23.3 Å². The lowest BCUT2D eigenvalue weighted by molar-refractivity contribution is 0.462. The summed E-state index contributed by atoms with van der Waals surface area (Å²) >= 11 is 0. The van der Waals surface area contributed by atoms with Crippen LogP contribution in [0, 0.1) is 18.8 Å². The summed E-state index contributed by atoms with van der Waals surface area (Å²) in [5.74, 6) is 1.14. The molecule has 0 bridgehead atoms. The molecule has 1 heterocycles. The molecule has 5 heteroatoms. The molecule has 1 aliphatic heterocycles. The lowest BCUT2D eigenvalue weighted by atomic mass is 10.2. The predicted octanol–water partition coefficient (Wildman–Crippen LogP) is 3.47. The van der Waals surface area contributed by atoms with Gasteiger partial charge in [-0.1, -0.05) is 43.4 Å². The minimum atomic E-state index is -3.39. The Kier molecular flexibility index (Phi) is 3.33. The molecule has 114 valence electrons. The molecule has 1 aromatic carbocycles. The van der Waals surface area contributed by atoms with Crippen LogP contribution in [0.25, 0.3) is 0 Å². The van der Waals surface area contributed by atoms with E-state index in [2.05, 4.69) is 25.7 Å². The van der Waals surface area contributed by atoms with Crippen LogP contribution in [0.3, 0.4) is 0 Å². The van der Waals surface area contributed by atoms with Gasteiger partial charge in [0.15, 0.2) is 0 Å². The van der Waals surface area contributed by atoms with Gasteiger partial charge in [-0.3, -0.25) is 4.31 Å². The molecule has 21 heavy (non-hydrogen) atoms. The number of hydrogen-bond acceptors (Lipinski definition) is 2. The van der Waals surface area contributed by atoms with Crippen molar-refractivity contribution in [3.63, 3.8) is 0 Å². The van der Waals surface area contributed by atoms with Gasteiger partial charge in [0.1, 0.15) is 0 Å². The summed E-state index contributed by atoms with van der Waals surface area (Å²) in [6, 6.07) is 7.11. The molecule has 0 amide bonds. The topological polar surface area (TPSA) is 37.4 Å². The smallest absolute Gasteiger partial charge is 0.263 e. The molecule has 0 radical (unpaired) electrons. The lowest BCUT2D eigenvalue weighted by Crippen LogP contribution is -2.30. The van der Waals surface area contributed by atoms with Crippen LogP contribution in [-0.4, -0.2) is 27.3 Å². The third kappa shape index (κ3) is 2.57. The SMILES string of the molecule is Cc1ccc(S(=O)(=O)N2C=CC3C(C2)C3[Si](C)(C)C)cc1. The highest BCUT2D eigenvalue weighted by Gasteiger charge is 2.57. The van der Waals surface area contributed by atoms with Gasteiger partial charge in [0, 0.05) is 20.8 Å². The van der Waals surface area contributed by atoms with E-state index in [4.69, 9.17) is 0 Å². The monoisotopic (exact) mass is 321 g/mol. The van der Waals surface area contributed by atoms with Crippen molar-refractivity contribution in [2.24, 2.45) is 11.8 Å². The van der Waals surface area contributed by atoms with E-state index in [-0.39, 0.29) is 0 Å². The third-order valence-corrected chi connectivity index (χ3v) is 9.29. The van der Waals surface area contributed by atoms with Gasteiger partial charge in [-0.05, 0) is 36.4 Å². The molecule has 3 unspecified atom stereocenters. The van der Waals surface area contributed by atoms with Crippen LogP contribution in [0.1, 0.15) is 5.56 Å². The Morgan fingerprint density at radius 2 is 1.76 bits per heavy atom. The second-order valence-electron chi connectivity index (χ2n) is 7.36. The molecule has 0 N–H and O–H groups in total. The molecule has 1 aliphatic carbocycles. The lowest BCUT2D eigenvalue weighted by Gasteiger charge is -2.23. The summed E-state index contributed by atoms with van der Waals surface area (Å²) in [5, 5.41) is 0. The molecule has 3 rings (SSSR count). The summed E-state index contributed by atoms with van der Waals surface area (Å²) in [5.41, 5.74) is 1.80. The molecule has 1 aromatic rings. The minimum Gasteiger partial charge on any atom is -0.273 e. The summed E-state index contributed by atoms with van der Waals surface area (Å²) < 4.78 is 27.0. The number of sulfonamides is 1. The highest BCUT2D eigenvalue weighted by Crippen LogP contribution is 2.60. The summed E-state index contributed by atoms with van der Waals surface area (Å²) in [6.45, 7) is 9.74. The number of hydrogen-bond donors (Lipinski definition) is 0. The fraction of sp³-hybridized carbons (Fsp3) is 0.500. The highest BCUT2D eigenvalue weighted by atomic mass is 32.2. The molecule has 3 atom stereocenters. The van der Waals surface area contributed by atoms with Crippen molar-refractivity contribution in [2.45, 2.75) is 37.0 Å². The Labute approximate surface area is 128 Å². The first kappa shape index (κ1) is 14.8. The van der Waals surface area contributed by atoms with Crippen LogP contribution in [0.5, 0.6) is 0 Å². The number of allylic oxidation sites excluding steroid dienone is 1. The van der Waals surface area contributed by atoms with E-state index < -0.39 is 18.1 Å². The quantitative estimate of drug-likeness (QED) is 0.800. The number of nitrogens with zero attached hydrogens (tertiary/aromatic N) is 1. The molecule has 3 nitrogen and oxygen atoms in total. The first-order valence-electron chi connectivity index (χ1n) is 7.48. The van der Waals surface area contributed by atoms with Gasteiger partial charge in [0.05, 0.1) is 4.90 Å². The molecule has 0 aromatic heterocycles. The summed E-state index contributed by atoms with van der Waals surface area (Å²) in [6.07, 6.45) is 3.90. The van der Waals surface area contributed by atoms with Crippen molar-refractivity contribution in [3.05, 3.63) is 42.1 Å². The second kappa shape index (κ2) is 4.71. The molecule has 0 saturated heterocycles. The first-order valence-corrected chi connectivity index (χ1v) is 12.5. The van der Waals surface area contributed by atoms with E-state index in [1.165, 1.54) is 0 Å². The van der Waals surface area contributed by atoms with Crippen LogP contribution < -0.4 is 0 Å². The van der Waals surface area contributed by atoms with Crippen molar-refractivity contribution in [3.8, 4) is 0 Å². The van der Waals surface area contributed by atoms with E-state index >= 15 is 0 Å². The van der Waals surface area contributed by atoms with Crippen molar-refractivity contribution in [1.29, 1.82) is 0 Å². The minimum absolute atomic E-state index is 0.390. The summed E-state index contributed by atoms with van der Waals surface area (Å²) in [4.78, 5) is 0.390. The maximum Gasteiger partial charge on any atom is 0.263 e. The average Bonchev–Trinajstić information content (AvgIpc) is 3.12. The Morgan fingerprint density at radius 1 is 1.14 bits per heavy atom. The Bertz CT molecular complexity index is 673. The van der Waals surface area contributed by atoms with E-state index in [1.807, 2.05) is 19.1 Å². The largest absolute Gasteiger partial charge is 0.273 e. The Balaban J connectivity index is 1.82. The van der Waals surface area contributed by atoms with Crippen LogP contribution >= 0.6 is 0 Å². The standard InChI is InChI=1S/C16H23NO2SSi/c1-12-5-7-13(8-6-12)20(18,19)17-10-9-14-15(11-17)16(14)21(2,3)4/h5-10,14-16H,11H2,1-4H3. The second-order valence-corrected chi connectivity index (χ2v) is 14.7. The Morgan fingerprint density at radius 3 is 2.33 bits per heavy atom. The predicted molar refractivity (Wildman–Crippen MR) is 88.3 cm³/mol. The molecular weight excluding hydrogens is 298 g/mol. The van der Waals surface area contributed by atoms with Gasteiger partial charge in [-0.25, -0.2) is 8.42 Å². The van der Waals surface area contributed by atoms with E-state index in [0.717, 1.165) is 11.1 Å². The fourth-order valence-corrected chi connectivity index (χ4v) is 7.97. The van der Waals surface area contributed by atoms with Crippen LogP contribution in [0.2, 0.25) is 25.2 Å². The Hall–Kier alpha value is -1.07. The van der Waals surface area contributed by atoms with E-state index in [9.17, 15) is 8.42 Å². The van der Waals surface area contributed by atoms with Gasteiger partial charge in [-0.15, -0.1) is 0 Å². The normalized spacial score (nSPS) is 28.4. The molecular formula is C16H23NO2SSi. The molecule has 1 fully saturated rings. The van der Waals surface area contributed by atoms with Gasteiger partial charge in [0.25, 0.3) is 10.0 Å². The maximum absolute atomic E-state index is 12.7. The molecule has 1 saturated carbocycles. The van der Waals surface area contributed by atoms with Crippen molar-refractivity contribution >= 4 is 18.1 Å². The highest BCUT2D eigenvalue weighted by molar-refractivity contribution is 7.89. The van der Waals surface area contributed by atoms with Crippen LogP contribution in [-0.2, 0) is 10.0 Å². The number of fused-ring (bicyclic) bond motifs is 1. The third-order valence-electron chi connectivity index (χ3n) is 4.72. The van der Waals surface area contributed by atoms with Gasteiger partial charge < -0.3 is 0 Å². The first-order chi connectivity index (χ1) is 9.71.